The zero-order valence-electron chi connectivity index (χ0n) is 12.6. The molecule has 0 radical (unpaired) electrons. The second kappa shape index (κ2) is 6.16. The van der Waals surface area contributed by atoms with Crippen molar-refractivity contribution in [3.63, 3.8) is 0 Å². The molecule has 1 amide bonds. The van der Waals surface area contributed by atoms with Crippen LogP contribution in [0.4, 0.5) is 0 Å². The lowest BCUT2D eigenvalue weighted by Gasteiger charge is -2.30. The maximum Gasteiger partial charge on any atom is 0.234 e. The molecule has 1 aliphatic heterocycles. The fourth-order valence-electron chi connectivity index (χ4n) is 3.39. The number of benzene rings is 1. The molecule has 21 heavy (non-hydrogen) atoms. The van der Waals surface area contributed by atoms with E-state index in [2.05, 4.69) is 17.1 Å². The topological polar surface area (TPSA) is 52.6 Å². The molecule has 1 saturated heterocycles. The average Bonchev–Trinajstić information content (AvgIpc) is 2.78. The third-order valence-corrected chi connectivity index (χ3v) is 4.76. The van der Waals surface area contributed by atoms with Gasteiger partial charge in [-0.15, -0.1) is 0 Å². The van der Waals surface area contributed by atoms with Gasteiger partial charge in [-0.3, -0.25) is 9.69 Å². The average molecular weight is 288 g/mol. The molecule has 1 aromatic carbocycles. The number of hydrogen-bond donors (Lipinski definition) is 2. The normalized spacial score (nSPS) is 26.6. The Balaban J connectivity index is 1.58. The maximum atomic E-state index is 12.2. The molecule has 1 aromatic rings. The van der Waals surface area contributed by atoms with Crippen LogP contribution in [-0.2, 0) is 11.2 Å². The Bertz CT molecular complexity index is 509. The van der Waals surface area contributed by atoms with Crippen LogP contribution in [0.5, 0.6) is 0 Å². The number of hydrogen-bond acceptors (Lipinski definition) is 3. The highest BCUT2D eigenvalue weighted by atomic mass is 16.3. The van der Waals surface area contributed by atoms with Crippen LogP contribution in [0.3, 0.4) is 0 Å². The third-order valence-electron chi connectivity index (χ3n) is 4.76. The first kappa shape index (κ1) is 14.5. The van der Waals surface area contributed by atoms with Crippen LogP contribution >= 0.6 is 0 Å². The molecule has 1 heterocycles. The molecule has 2 unspecified atom stereocenters. The molecular formula is C17H24N2O2. The summed E-state index contributed by atoms with van der Waals surface area (Å²) in [6.07, 6.45) is 2.46. The highest BCUT2D eigenvalue weighted by molar-refractivity contribution is 5.78. The van der Waals surface area contributed by atoms with Gasteiger partial charge in [-0.25, -0.2) is 0 Å². The molecule has 4 nitrogen and oxygen atoms in total. The largest absolute Gasteiger partial charge is 0.390 e. The zero-order chi connectivity index (χ0) is 14.8. The monoisotopic (exact) mass is 288 g/mol. The molecule has 0 saturated carbocycles. The summed E-state index contributed by atoms with van der Waals surface area (Å²) in [7, 11) is 0. The van der Waals surface area contributed by atoms with Gasteiger partial charge in [0.2, 0.25) is 5.91 Å². The van der Waals surface area contributed by atoms with E-state index in [4.69, 9.17) is 0 Å². The summed E-state index contributed by atoms with van der Waals surface area (Å²) in [5, 5.41) is 13.2. The maximum absolute atomic E-state index is 12.2. The van der Waals surface area contributed by atoms with E-state index in [9.17, 15) is 9.90 Å². The Morgan fingerprint density at radius 3 is 2.81 bits per heavy atom. The molecular weight excluding hydrogens is 264 g/mol. The number of carbonyl (C=O) groups excluding carboxylic acids is 1. The Morgan fingerprint density at radius 1 is 1.33 bits per heavy atom. The zero-order valence-corrected chi connectivity index (χ0v) is 12.6. The van der Waals surface area contributed by atoms with Gasteiger partial charge in [0.25, 0.3) is 0 Å². The number of piperidine rings is 1. The number of aliphatic hydroxyl groups is 1. The summed E-state index contributed by atoms with van der Waals surface area (Å²) in [6, 6.07) is 7.71. The van der Waals surface area contributed by atoms with E-state index in [0.29, 0.717) is 13.0 Å². The molecule has 0 aromatic heterocycles. The van der Waals surface area contributed by atoms with Gasteiger partial charge in [0.1, 0.15) is 0 Å². The van der Waals surface area contributed by atoms with Crippen LogP contribution in [0.15, 0.2) is 24.3 Å². The number of fused-ring (bicyclic) bond motifs is 1. The van der Waals surface area contributed by atoms with Crippen molar-refractivity contribution in [2.75, 3.05) is 19.6 Å². The lowest BCUT2D eigenvalue weighted by molar-refractivity contribution is -0.124. The van der Waals surface area contributed by atoms with Crippen molar-refractivity contribution in [3.05, 3.63) is 35.4 Å². The molecule has 2 aliphatic rings. The summed E-state index contributed by atoms with van der Waals surface area (Å²) in [6.45, 7) is 4.71. The van der Waals surface area contributed by atoms with Crippen molar-refractivity contribution in [2.24, 2.45) is 5.92 Å². The van der Waals surface area contributed by atoms with Gasteiger partial charge < -0.3 is 10.4 Å². The van der Waals surface area contributed by atoms with Crippen molar-refractivity contribution in [3.8, 4) is 0 Å². The summed E-state index contributed by atoms with van der Waals surface area (Å²) in [4.78, 5) is 14.5. The third kappa shape index (κ3) is 3.27. The minimum absolute atomic E-state index is 0.0188. The predicted octanol–water partition coefficient (Wildman–Crippen LogP) is 1.49. The highest BCUT2D eigenvalue weighted by Crippen LogP contribution is 2.31. The van der Waals surface area contributed by atoms with Crippen molar-refractivity contribution >= 4 is 5.91 Å². The Kier molecular flexibility index (Phi) is 4.27. The van der Waals surface area contributed by atoms with Gasteiger partial charge in [-0.2, -0.15) is 0 Å². The van der Waals surface area contributed by atoms with E-state index in [1.54, 1.807) is 0 Å². The fraction of sp³-hybridized carbons (Fsp3) is 0.588. The minimum atomic E-state index is -0.507. The Labute approximate surface area is 126 Å². The van der Waals surface area contributed by atoms with Gasteiger partial charge in [-0.1, -0.05) is 31.2 Å². The number of nitrogens with zero attached hydrogens (tertiary/aromatic N) is 1. The second-order valence-electron chi connectivity index (χ2n) is 6.47. The quantitative estimate of drug-likeness (QED) is 0.886. The van der Waals surface area contributed by atoms with E-state index in [1.807, 2.05) is 24.3 Å². The molecule has 114 valence electrons. The number of amides is 1. The molecule has 3 rings (SSSR count). The van der Waals surface area contributed by atoms with Gasteiger partial charge in [0.15, 0.2) is 0 Å². The number of carbonyl (C=O) groups is 1. The van der Waals surface area contributed by atoms with Crippen molar-refractivity contribution in [1.82, 2.24) is 10.2 Å². The molecule has 4 heteroatoms. The fourth-order valence-corrected chi connectivity index (χ4v) is 3.39. The van der Waals surface area contributed by atoms with Crippen molar-refractivity contribution < 1.29 is 9.90 Å². The first-order valence-corrected chi connectivity index (χ1v) is 7.91. The highest BCUT2D eigenvalue weighted by Gasteiger charge is 2.32. The molecule has 1 aliphatic carbocycles. The van der Waals surface area contributed by atoms with E-state index < -0.39 is 6.10 Å². The van der Waals surface area contributed by atoms with Gasteiger partial charge >= 0.3 is 0 Å². The summed E-state index contributed by atoms with van der Waals surface area (Å²) in [5.74, 6) is 0.790. The number of aliphatic hydroxyl groups excluding tert-OH is 1. The van der Waals surface area contributed by atoms with Crippen molar-refractivity contribution in [2.45, 2.75) is 38.3 Å². The standard InChI is InChI=1S/C17H24N2O2/c1-12-6-8-19(9-7-12)11-16(21)18-17-14-5-3-2-4-13(14)10-15(17)20/h2-5,12,15,17,20H,6-11H2,1H3,(H,18,21). The van der Waals surface area contributed by atoms with Crippen molar-refractivity contribution in [1.29, 1.82) is 0 Å². The lowest BCUT2D eigenvalue weighted by Crippen LogP contribution is -2.43. The molecule has 2 N–H and O–H groups in total. The van der Waals surface area contributed by atoms with Crippen LogP contribution in [0.1, 0.15) is 36.9 Å². The molecule has 0 spiro atoms. The van der Waals surface area contributed by atoms with Crippen LogP contribution in [0, 0.1) is 5.92 Å². The SMILES string of the molecule is CC1CCN(CC(=O)NC2c3ccccc3CC2O)CC1. The van der Waals surface area contributed by atoms with Crippen LogP contribution in [0.2, 0.25) is 0 Å². The number of nitrogens with one attached hydrogen (secondary N) is 1. The smallest absolute Gasteiger partial charge is 0.234 e. The lowest BCUT2D eigenvalue weighted by atomic mass is 9.99. The molecule has 2 atom stereocenters. The summed E-state index contributed by atoms with van der Waals surface area (Å²) in [5.41, 5.74) is 2.20. The van der Waals surface area contributed by atoms with E-state index in [1.165, 1.54) is 12.8 Å². The Morgan fingerprint density at radius 2 is 2.05 bits per heavy atom. The summed E-state index contributed by atoms with van der Waals surface area (Å²) < 4.78 is 0. The number of likely N-dealkylation sites (tertiary alicyclic amines) is 1. The van der Waals surface area contributed by atoms with Crippen LogP contribution in [0.25, 0.3) is 0 Å². The van der Waals surface area contributed by atoms with Gasteiger partial charge in [0.05, 0.1) is 18.7 Å². The second-order valence-corrected chi connectivity index (χ2v) is 6.47. The Hall–Kier alpha value is -1.39. The predicted molar refractivity (Wildman–Crippen MR) is 81.9 cm³/mol. The van der Waals surface area contributed by atoms with E-state index in [-0.39, 0.29) is 11.9 Å². The van der Waals surface area contributed by atoms with E-state index in [0.717, 1.165) is 30.1 Å². The molecule has 0 bridgehead atoms. The minimum Gasteiger partial charge on any atom is -0.390 e. The molecule has 1 fully saturated rings. The van der Waals surface area contributed by atoms with E-state index >= 15 is 0 Å². The van der Waals surface area contributed by atoms with Gasteiger partial charge in [0, 0.05) is 6.42 Å². The van der Waals surface area contributed by atoms with Gasteiger partial charge in [-0.05, 0) is 43.0 Å². The first-order chi connectivity index (χ1) is 10.1. The van der Waals surface area contributed by atoms with Crippen LogP contribution < -0.4 is 5.32 Å². The number of rotatable bonds is 3. The van der Waals surface area contributed by atoms with Crippen LogP contribution in [-0.4, -0.2) is 41.7 Å². The summed E-state index contributed by atoms with van der Waals surface area (Å²) >= 11 is 0. The first-order valence-electron chi connectivity index (χ1n) is 7.91.